The molecule has 1 heterocycles. The highest BCUT2D eigenvalue weighted by molar-refractivity contribution is 5.92. The molecule has 2 amide bonds. The van der Waals surface area contributed by atoms with Gasteiger partial charge in [0.2, 0.25) is 0 Å². The third kappa shape index (κ3) is 1.52. The molecule has 0 aliphatic rings. The van der Waals surface area contributed by atoms with Crippen LogP contribution in [0.25, 0.3) is 10.9 Å². The largest absolute Gasteiger partial charge is 0.341 e. The van der Waals surface area contributed by atoms with Crippen LogP contribution >= 0.6 is 0 Å². The van der Waals surface area contributed by atoms with Crippen LogP contribution in [0.3, 0.4) is 0 Å². The van der Waals surface area contributed by atoms with Gasteiger partial charge in [0.15, 0.2) is 0 Å². The number of carbonyl (C=O) groups excluding carboxylic acids is 1. The zero-order valence-electron chi connectivity index (χ0n) is 7.66. The average Bonchev–Trinajstić information content (AvgIpc) is 2.64. The minimum Gasteiger partial charge on any atom is -0.341 e. The highest BCUT2D eigenvalue weighted by Crippen LogP contribution is 2.16. The molecule has 1 aromatic heterocycles. The van der Waals surface area contributed by atoms with Crippen molar-refractivity contribution in [3.05, 3.63) is 24.4 Å². The normalized spacial score (nSPS) is 10.1. The number of anilines is 1. The van der Waals surface area contributed by atoms with Gasteiger partial charge in [-0.05, 0) is 18.2 Å². The summed E-state index contributed by atoms with van der Waals surface area (Å²) in [5, 5.41) is 12.9. The van der Waals surface area contributed by atoms with Crippen molar-refractivity contribution in [2.75, 3.05) is 12.4 Å². The van der Waals surface area contributed by atoms with Crippen LogP contribution < -0.4 is 10.6 Å². The second kappa shape index (κ2) is 3.37. The summed E-state index contributed by atoms with van der Waals surface area (Å²) in [4.78, 5) is 11.0. The number of rotatable bonds is 1. The van der Waals surface area contributed by atoms with Crippen molar-refractivity contribution in [1.29, 1.82) is 0 Å². The summed E-state index contributed by atoms with van der Waals surface area (Å²) in [6, 6.07) is 5.32. The Labute approximate surface area is 80.5 Å². The first-order valence-corrected chi connectivity index (χ1v) is 4.21. The first kappa shape index (κ1) is 8.55. The number of H-pyrrole nitrogens is 1. The van der Waals surface area contributed by atoms with Gasteiger partial charge in [0.25, 0.3) is 0 Å². The van der Waals surface area contributed by atoms with Crippen LogP contribution in [0.15, 0.2) is 24.4 Å². The molecule has 0 radical (unpaired) electrons. The van der Waals surface area contributed by atoms with Crippen LogP contribution in [0.5, 0.6) is 0 Å². The molecule has 0 aliphatic carbocycles. The van der Waals surface area contributed by atoms with Gasteiger partial charge < -0.3 is 10.6 Å². The Balaban J connectivity index is 2.30. The van der Waals surface area contributed by atoms with Crippen molar-refractivity contribution in [2.45, 2.75) is 0 Å². The van der Waals surface area contributed by atoms with E-state index in [0.29, 0.717) is 0 Å². The minimum absolute atomic E-state index is 0.233. The van der Waals surface area contributed by atoms with Crippen LogP contribution in [0, 0.1) is 0 Å². The number of hydrogen-bond donors (Lipinski definition) is 3. The number of nitrogens with zero attached hydrogens (tertiary/aromatic N) is 1. The molecule has 0 bridgehead atoms. The van der Waals surface area contributed by atoms with E-state index in [2.05, 4.69) is 20.8 Å². The molecular weight excluding hydrogens is 180 g/mol. The van der Waals surface area contributed by atoms with Crippen molar-refractivity contribution in [1.82, 2.24) is 15.5 Å². The molecular formula is C9H10N4O. The van der Waals surface area contributed by atoms with E-state index in [4.69, 9.17) is 0 Å². The van der Waals surface area contributed by atoms with Gasteiger partial charge in [0.05, 0.1) is 11.7 Å². The molecule has 0 unspecified atom stereocenters. The second-order valence-corrected chi connectivity index (χ2v) is 2.88. The van der Waals surface area contributed by atoms with Crippen LogP contribution in [-0.2, 0) is 0 Å². The Kier molecular flexibility index (Phi) is 2.06. The molecule has 0 fully saturated rings. The number of amides is 2. The maximum Gasteiger partial charge on any atom is 0.318 e. The van der Waals surface area contributed by atoms with Gasteiger partial charge in [-0.1, -0.05) is 0 Å². The van der Waals surface area contributed by atoms with Gasteiger partial charge in [-0.25, -0.2) is 4.79 Å². The standard InChI is InChI=1S/C9H10N4O/c1-10-9(14)12-7-3-2-6-5-11-13-8(6)4-7/h2-5H,1H3,(H,11,13)(H2,10,12,14). The molecule has 0 spiro atoms. The number of fused-ring (bicyclic) bond motifs is 1. The van der Waals surface area contributed by atoms with E-state index in [-0.39, 0.29) is 6.03 Å². The molecule has 5 heteroatoms. The zero-order chi connectivity index (χ0) is 9.97. The van der Waals surface area contributed by atoms with Gasteiger partial charge in [0, 0.05) is 18.1 Å². The highest BCUT2D eigenvalue weighted by Gasteiger charge is 2.00. The minimum atomic E-state index is -0.233. The van der Waals surface area contributed by atoms with Crippen LogP contribution in [0.4, 0.5) is 10.5 Å². The molecule has 0 atom stereocenters. The molecule has 0 saturated heterocycles. The fourth-order valence-electron chi connectivity index (χ4n) is 1.21. The van der Waals surface area contributed by atoms with Gasteiger partial charge in [-0.15, -0.1) is 0 Å². The lowest BCUT2D eigenvalue weighted by molar-refractivity contribution is 0.254. The number of hydrogen-bond acceptors (Lipinski definition) is 2. The molecule has 2 rings (SSSR count). The summed E-state index contributed by atoms with van der Waals surface area (Å²) >= 11 is 0. The van der Waals surface area contributed by atoms with Gasteiger partial charge in [0.1, 0.15) is 0 Å². The van der Waals surface area contributed by atoms with Crippen molar-refractivity contribution < 1.29 is 4.79 Å². The Bertz CT molecular complexity index is 463. The van der Waals surface area contributed by atoms with Crippen molar-refractivity contribution >= 4 is 22.6 Å². The summed E-state index contributed by atoms with van der Waals surface area (Å²) in [5.74, 6) is 0. The third-order valence-corrected chi connectivity index (χ3v) is 1.93. The summed E-state index contributed by atoms with van der Waals surface area (Å²) in [6.07, 6.45) is 1.74. The van der Waals surface area contributed by atoms with Gasteiger partial charge in [-0.2, -0.15) is 5.10 Å². The first-order chi connectivity index (χ1) is 6.79. The number of carbonyl (C=O) groups is 1. The first-order valence-electron chi connectivity index (χ1n) is 4.21. The average molecular weight is 190 g/mol. The smallest absolute Gasteiger partial charge is 0.318 e. The highest BCUT2D eigenvalue weighted by atomic mass is 16.2. The number of benzene rings is 1. The fraction of sp³-hybridized carbons (Fsp3) is 0.111. The van der Waals surface area contributed by atoms with Crippen LogP contribution in [-0.4, -0.2) is 23.3 Å². The Morgan fingerprint density at radius 1 is 1.50 bits per heavy atom. The molecule has 1 aromatic carbocycles. The SMILES string of the molecule is CNC(=O)Nc1ccc2cn[nH]c2c1. The van der Waals surface area contributed by atoms with Gasteiger partial charge >= 0.3 is 6.03 Å². The van der Waals surface area contributed by atoms with Crippen molar-refractivity contribution in [3.63, 3.8) is 0 Å². The van der Waals surface area contributed by atoms with Crippen molar-refractivity contribution in [2.24, 2.45) is 0 Å². The summed E-state index contributed by atoms with van der Waals surface area (Å²) in [6.45, 7) is 0. The Morgan fingerprint density at radius 2 is 2.36 bits per heavy atom. The molecule has 3 N–H and O–H groups in total. The molecule has 2 aromatic rings. The number of nitrogens with one attached hydrogen (secondary N) is 3. The van der Waals surface area contributed by atoms with Crippen LogP contribution in [0.1, 0.15) is 0 Å². The van der Waals surface area contributed by atoms with Gasteiger partial charge in [-0.3, -0.25) is 5.10 Å². The summed E-state index contributed by atoms with van der Waals surface area (Å²) in [7, 11) is 1.57. The number of aromatic amines is 1. The molecule has 5 nitrogen and oxygen atoms in total. The fourth-order valence-corrected chi connectivity index (χ4v) is 1.21. The predicted octanol–water partition coefficient (Wildman–Crippen LogP) is 1.31. The Morgan fingerprint density at radius 3 is 3.14 bits per heavy atom. The summed E-state index contributed by atoms with van der Waals surface area (Å²) in [5.41, 5.74) is 1.64. The molecule has 0 aliphatic heterocycles. The Hall–Kier alpha value is -2.04. The molecule has 72 valence electrons. The van der Waals surface area contributed by atoms with E-state index < -0.39 is 0 Å². The predicted molar refractivity (Wildman–Crippen MR) is 54.2 cm³/mol. The number of urea groups is 1. The lowest BCUT2D eigenvalue weighted by Gasteiger charge is -2.03. The molecule has 0 saturated carbocycles. The van der Waals surface area contributed by atoms with E-state index in [1.807, 2.05) is 18.2 Å². The van der Waals surface area contributed by atoms with E-state index >= 15 is 0 Å². The van der Waals surface area contributed by atoms with Crippen molar-refractivity contribution in [3.8, 4) is 0 Å². The maximum atomic E-state index is 11.0. The molecule has 14 heavy (non-hydrogen) atoms. The maximum absolute atomic E-state index is 11.0. The second-order valence-electron chi connectivity index (χ2n) is 2.88. The van der Waals surface area contributed by atoms with Crippen LogP contribution in [0.2, 0.25) is 0 Å². The third-order valence-electron chi connectivity index (χ3n) is 1.93. The van der Waals surface area contributed by atoms with E-state index in [1.165, 1.54) is 0 Å². The summed E-state index contributed by atoms with van der Waals surface area (Å²) < 4.78 is 0. The topological polar surface area (TPSA) is 69.8 Å². The number of aromatic nitrogens is 2. The lowest BCUT2D eigenvalue weighted by Crippen LogP contribution is -2.24. The van der Waals surface area contributed by atoms with E-state index in [9.17, 15) is 4.79 Å². The monoisotopic (exact) mass is 190 g/mol. The van der Waals surface area contributed by atoms with E-state index in [1.54, 1.807) is 13.2 Å². The lowest BCUT2D eigenvalue weighted by atomic mass is 10.2. The quantitative estimate of drug-likeness (QED) is 0.634. The van der Waals surface area contributed by atoms with E-state index in [0.717, 1.165) is 16.6 Å². The zero-order valence-corrected chi connectivity index (χ0v) is 7.66.